The van der Waals surface area contributed by atoms with E-state index in [0.717, 1.165) is 0 Å². The van der Waals surface area contributed by atoms with Gasteiger partial charge in [-0.05, 0) is 18.6 Å². The third kappa shape index (κ3) is 2.69. The van der Waals surface area contributed by atoms with Crippen molar-refractivity contribution in [2.75, 3.05) is 5.32 Å². The van der Waals surface area contributed by atoms with Crippen LogP contribution in [0.1, 0.15) is 12.8 Å². The molecular formula is C12H12N2O3. The molecule has 0 bridgehead atoms. The fraction of sp³-hybridized carbons (Fsp3) is 0.250. The highest BCUT2D eigenvalue weighted by Gasteiger charge is 2.32. The van der Waals surface area contributed by atoms with Crippen LogP contribution in [0.15, 0.2) is 30.3 Å². The average Bonchev–Trinajstić information content (AvgIpc) is 2.30. The molecule has 1 fully saturated rings. The Morgan fingerprint density at radius 1 is 1.24 bits per heavy atom. The van der Waals surface area contributed by atoms with Gasteiger partial charge in [0.2, 0.25) is 17.7 Å². The van der Waals surface area contributed by atoms with Crippen molar-refractivity contribution in [1.29, 1.82) is 0 Å². The van der Waals surface area contributed by atoms with Gasteiger partial charge in [-0.15, -0.1) is 0 Å². The van der Waals surface area contributed by atoms with Crippen LogP contribution in [0.2, 0.25) is 0 Å². The third-order valence-corrected chi connectivity index (χ3v) is 2.60. The van der Waals surface area contributed by atoms with Crippen LogP contribution in [0.4, 0.5) is 5.69 Å². The van der Waals surface area contributed by atoms with Gasteiger partial charge >= 0.3 is 0 Å². The van der Waals surface area contributed by atoms with Gasteiger partial charge < -0.3 is 5.32 Å². The zero-order chi connectivity index (χ0) is 12.3. The lowest BCUT2D eigenvalue weighted by Crippen LogP contribution is -2.45. The van der Waals surface area contributed by atoms with Crippen LogP contribution >= 0.6 is 0 Å². The minimum atomic E-state index is -0.784. The van der Waals surface area contributed by atoms with E-state index in [2.05, 4.69) is 10.6 Å². The van der Waals surface area contributed by atoms with Gasteiger partial charge in [0, 0.05) is 12.1 Å². The second kappa shape index (κ2) is 4.78. The molecule has 1 aromatic carbocycles. The number of hydrogen-bond donors (Lipinski definition) is 2. The van der Waals surface area contributed by atoms with Gasteiger partial charge in [-0.3, -0.25) is 19.7 Å². The van der Waals surface area contributed by atoms with E-state index < -0.39 is 11.8 Å². The second-order valence-electron chi connectivity index (χ2n) is 3.86. The quantitative estimate of drug-likeness (QED) is 0.581. The molecule has 0 aromatic heterocycles. The molecule has 0 spiro atoms. The zero-order valence-electron chi connectivity index (χ0n) is 9.10. The van der Waals surface area contributed by atoms with E-state index in [0.29, 0.717) is 5.69 Å². The Labute approximate surface area is 98.2 Å². The number of anilines is 1. The summed E-state index contributed by atoms with van der Waals surface area (Å²) in [6, 6.07) is 8.90. The van der Waals surface area contributed by atoms with Gasteiger partial charge in [-0.25, -0.2) is 0 Å². The molecule has 88 valence electrons. The van der Waals surface area contributed by atoms with E-state index in [9.17, 15) is 14.4 Å². The Kier molecular flexibility index (Phi) is 3.18. The van der Waals surface area contributed by atoms with Crippen molar-refractivity contribution in [3.8, 4) is 0 Å². The van der Waals surface area contributed by atoms with Crippen LogP contribution in [0.5, 0.6) is 0 Å². The summed E-state index contributed by atoms with van der Waals surface area (Å²) in [6.45, 7) is 0. The van der Waals surface area contributed by atoms with Crippen molar-refractivity contribution in [3.05, 3.63) is 30.3 Å². The molecule has 2 N–H and O–H groups in total. The molecule has 17 heavy (non-hydrogen) atoms. The molecule has 5 heteroatoms. The number of nitrogens with one attached hydrogen (secondary N) is 2. The first-order valence-electron chi connectivity index (χ1n) is 5.36. The monoisotopic (exact) mass is 232 g/mol. The SMILES string of the molecule is O=C1CCC(C(=O)Nc2ccccc2)C(=O)N1. The first-order chi connectivity index (χ1) is 8.16. The van der Waals surface area contributed by atoms with Crippen LogP contribution in [0, 0.1) is 5.92 Å². The second-order valence-corrected chi connectivity index (χ2v) is 3.86. The molecule has 1 atom stereocenters. The number of carbonyl (C=O) groups is 3. The van der Waals surface area contributed by atoms with Gasteiger partial charge in [-0.1, -0.05) is 18.2 Å². The number of rotatable bonds is 2. The zero-order valence-corrected chi connectivity index (χ0v) is 9.10. The Morgan fingerprint density at radius 2 is 1.94 bits per heavy atom. The first-order valence-corrected chi connectivity index (χ1v) is 5.36. The highest BCUT2D eigenvalue weighted by molar-refractivity contribution is 6.12. The molecular weight excluding hydrogens is 220 g/mol. The molecule has 0 saturated carbocycles. The van der Waals surface area contributed by atoms with Gasteiger partial charge in [0.1, 0.15) is 5.92 Å². The number of benzene rings is 1. The molecule has 0 aliphatic carbocycles. The number of amides is 3. The minimum absolute atomic E-state index is 0.207. The van der Waals surface area contributed by atoms with Gasteiger partial charge in [-0.2, -0.15) is 0 Å². The van der Waals surface area contributed by atoms with E-state index in [1.54, 1.807) is 24.3 Å². The number of para-hydroxylation sites is 1. The van der Waals surface area contributed by atoms with E-state index in [4.69, 9.17) is 0 Å². The number of piperidine rings is 1. The Hall–Kier alpha value is -2.17. The van der Waals surface area contributed by atoms with E-state index in [1.165, 1.54) is 0 Å². The maximum absolute atomic E-state index is 11.8. The minimum Gasteiger partial charge on any atom is -0.325 e. The maximum Gasteiger partial charge on any atom is 0.239 e. The lowest BCUT2D eigenvalue weighted by atomic mass is 9.97. The smallest absolute Gasteiger partial charge is 0.239 e. The van der Waals surface area contributed by atoms with Crippen molar-refractivity contribution in [1.82, 2.24) is 5.32 Å². The average molecular weight is 232 g/mol. The summed E-state index contributed by atoms with van der Waals surface area (Å²) in [5.74, 6) is -2.00. The number of imide groups is 1. The van der Waals surface area contributed by atoms with E-state index in [1.807, 2.05) is 6.07 Å². The summed E-state index contributed by atoms with van der Waals surface area (Å²) in [5.41, 5.74) is 0.641. The molecule has 5 nitrogen and oxygen atoms in total. The Balaban J connectivity index is 2.01. The van der Waals surface area contributed by atoms with Crippen molar-refractivity contribution >= 4 is 23.4 Å². The summed E-state index contributed by atoms with van der Waals surface area (Å²) >= 11 is 0. The number of hydrogen-bond acceptors (Lipinski definition) is 3. The topological polar surface area (TPSA) is 75.3 Å². The summed E-state index contributed by atoms with van der Waals surface area (Å²) in [6.07, 6.45) is 0.474. The van der Waals surface area contributed by atoms with Crippen molar-refractivity contribution in [2.45, 2.75) is 12.8 Å². The van der Waals surface area contributed by atoms with Gasteiger partial charge in [0.05, 0.1) is 0 Å². The summed E-state index contributed by atoms with van der Waals surface area (Å²) < 4.78 is 0. The number of carbonyl (C=O) groups excluding carboxylic acids is 3. The van der Waals surface area contributed by atoms with Crippen LogP contribution in [0.25, 0.3) is 0 Å². The highest BCUT2D eigenvalue weighted by Crippen LogP contribution is 2.15. The molecule has 1 unspecified atom stereocenters. The summed E-state index contributed by atoms with van der Waals surface area (Å²) in [4.78, 5) is 34.2. The van der Waals surface area contributed by atoms with Crippen molar-refractivity contribution in [3.63, 3.8) is 0 Å². The Morgan fingerprint density at radius 3 is 2.59 bits per heavy atom. The fourth-order valence-electron chi connectivity index (χ4n) is 1.69. The van der Waals surface area contributed by atoms with Crippen LogP contribution in [0.3, 0.4) is 0 Å². The molecule has 1 saturated heterocycles. The molecule has 1 aliphatic heterocycles. The fourth-order valence-corrected chi connectivity index (χ4v) is 1.69. The van der Waals surface area contributed by atoms with Crippen molar-refractivity contribution in [2.24, 2.45) is 5.92 Å². The molecule has 3 amide bonds. The maximum atomic E-state index is 11.8. The standard InChI is InChI=1S/C12H12N2O3/c15-10-7-6-9(12(17)14-10)11(16)13-8-4-2-1-3-5-8/h1-5,9H,6-7H2,(H,13,16)(H,14,15,17). The molecule has 1 aliphatic rings. The van der Waals surface area contributed by atoms with E-state index in [-0.39, 0.29) is 24.7 Å². The lowest BCUT2D eigenvalue weighted by molar-refractivity contribution is -0.139. The predicted octanol–water partition coefficient (Wildman–Crippen LogP) is 0.678. The third-order valence-electron chi connectivity index (χ3n) is 2.60. The van der Waals surface area contributed by atoms with Crippen LogP contribution in [-0.2, 0) is 14.4 Å². The Bertz CT molecular complexity index is 456. The largest absolute Gasteiger partial charge is 0.325 e. The van der Waals surface area contributed by atoms with Crippen molar-refractivity contribution < 1.29 is 14.4 Å². The summed E-state index contributed by atoms with van der Waals surface area (Å²) in [5, 5.41) is 4.80. The first kappa shape index (κ1) is 11.3. The lowest BCUT2D eigenvalue weighted by Gasteiger charge is -2.19. The van der Waals surface area contributed by atoms with Crippen LogP contribution < -0.4 is 10.6 Å². The molecule has 1 heterocycles. The molecule has 1 aromatic rings. The van der Waals surface area contributed by atoms with Gasteiger partial charge in [0.25, 0.3) is 0 Å². The summed E-state index contributed by atoms with van der Waals surface area (Å²) in [7, 11) is 0. The normalized spacial score (nSPS) is 19.6. The van der Waals surface area contributed by atoms with Crippen LogP contribution in [-0.4, -0.2) is 17.7 Å². The molecule has 0 radical (unpaired) electrons. The van der Waals surface area contributed by atoms with Gasteiger partial charge in [0.15, 0.2) is 0 Å². The predicted molar refractivity (Wildman–Crippen MR) is 60.9 cm³/mol. The van der Waals surface area contributed by atoms with E-state index >= 15 is 0 Å². The molecule has 2 rings (SSSR count). The highest BCUT2D eigenvalue weighted by atomic mass is 16.2.